The number of ketones is 2. The summed E-state index contributed by atoms with van der Waals surface area (Å²) in [4.78, 5) is 46.6. The van der Waals surface area contributed by atoms with Gasteiger partial charge in [0.2, 0.25) is 5.91 Å². The van der Waals surface area contributed by atoms with E-state index in [-0.39, 0.29) is 40.8 Å². The molecule has 6 heteroatoms. The van der Waals surface area contributed by atoms with E-state index in [1.807, 2.05) is 6.92 Å². The van der Waals surface area contributed by atoms with Gasteiger partial charge in [-0.1, -0.05) is 27.7 Å². The molecule has 0 unspecified atom stereocenters. The van der Waals surface area contributed by atoms with Crippen LogP contribution in [0.1, 0.15) is 98.3 Å². The van der Waals surface area contributed by atoms with Crippen molar-refractivity contribution in [3.05, 3.63) is 0 Å². The number of fused-ring (bicyclic) bond motifs is 5. The summed E-state index contributed by atoms with van der Waals surface area (Å²) in [6.07, 6.45) is 9.48. The molecule has 35 heavy (non-hydrogen) atoms. The van der Waals surface area contributed by atoms with Crippen LogP contribution in [0.2, 0.25) is 0 Å². The molecule has 5 aliphatic rings. The monoisotopic (exact) mass is 487 g/mol. The largest absolute Gasteiger partial charge is 0.481 e. The normalized spacial score (nSPS) is 43.3. The Labute approximate surface area is 210 Å². The van der Waals surface area contributed by atoms with Crippen LogP contribution in [0.3, 0.4) is 0 Å². The third-order valence-corrected chi connectivity index (χ3v) is 11.2. The molecule has 9 atom stereocenters. The van der Waals surface area contributed by atoms with Crippen molar-refractivity contribution in [2.75, 3.05) is 6.54 Å². The molecule has 196 valence electrons. The smallest absolute Gasteiger partial charge is 0.303 e. The van der Waals surface area contributed by atoms with E-state index in [1.54, 1.807) is 0 Å². The van der Waals surface area contributed by atoms with E-state index in [2.05, 4.69) is 26.1 Å². The maximum atomic E-state index is 13.1. The summed E-state index contributed by atoms with van der Waals surface area (Å²) < 4.78 is 0. The molecule has 0 aromatic heterocycles. The van der Waals surface area contributed by atoms with Crippen LogP contribution < -0.4 is 5.32 Å². The maximum absolute atomic E-state index is 13.1. The van der Waals surface area contributed by atoms with Gasteiger partial charge < -0.3 is 10.4 Å². The highest BCUT2D eigenvalue weighted by Gasteiger charge is 2.62. The van der Waals surface area contributed by atoms with Gasteiger partial charge in [0, 0.05) is 44.1 Å². The van der Waals surface area contributed by atoms with Crippen molar-refractivity contribution in [1.29, 1.82) is 0 Å². The summed E-state index contributed by atoms with van der Waals surface area (Å²) in [6, 6.07) is 0. The molecule has 4 aliphatic carbocycles. The molecule has 0 aromatic carbocycles. The molecule has 0 radical (unpaired) electrons. The average Bonchev–Trinajstić information content (AvgIpc) is 3.35. The van der Waals surface area contributed by atoms with Crippen molar-refractivity contribution >= 4 is 23.4 Å². The zero-order valence-electron chi connectivity index (χ0n) is 22.1. The Bertz CT molecular complexity index is 869. The van der Waals surface area contributed by atoms with Crippen molar-refractivity contribution in [2.45, 2.75) is 98.3 Å². The second-order valence-electron chi connectivity index (χ2n) is 13.0. The highest BCUT2D eigenvalue weighted by molar-refractivity contribution is 5.90. The summed E-state index contributed by atoms with van der Waals surface area (Å²) in [6.45, 7) is 9.81. The Morgan fingerprint density at radius 3 is 2.34 bits per heavy atom. The van der Waals surface area contributed by atoms with Gasteiger partial charge in [0.1, 0.15) is 11.6 Å². The second-order valence-corrected chi connectivity index (χ2v) is 13.0. The number of carboxylic acid groups (broad SMARTS) is 1. The minimum absolute atomic E-state index is 0.0161. The lowest BCUT2D eigenvalue weighted by Gasteiger charge is -2.59. The molecule has 0 aromatic rings. The molecule has 6 nitrogen and oxygen atoms in total. The highest BCUT2D eigenvalue weighted by Crippen LogP contribution is 2.67. The summed E-state index contributed by atoms with van der Waals surface area (Å²) in [5.41, 5.74) is 0.259. The zero-order valence-corrected chi connectivity index (χ0v) is 22.1. The van der Waals surface area contributed by atoms with Gasteiger partial charge in [-0.3, -0.25) is 19.2 Å². The fourth-order valence-electron chi connectivity index (χ4n) is 9.08. The number of Topliss-reactive ketones (excluding diaryl/α,β-unsaturated/α-hetero) is 2. The first-order valence-electron chi connectivity index (χ1n) is 14.0. The summed E-state index contributed by atoms with van der Waals surface area (Å²) in [5.74, 6) is 3.01. The number of rotatable bonds is 4. The molecule has 4 saturated carbocycles. The Morgan fingerprint density at radius 2 is 1.74 bits per heavy atom. The maximum Gasteiger partial charge on any atom is 0.303 e. The number of carbonyl (C=O) groups is 4. The lowest BCUT2D eigenvalue weighted by molar-refractivity contribution is -0.159. The molecule has 5 fully saturated rings. The first kappa shape index (κ1) is 26.3. The molecule has 1 aliphatic heterocycles. The minimum atomic E-state index is -0.695. The standard InChI is InChI=1S/C24H36O4.C5H9NO/c1-14(4-7-22(27)28)17-5-6-18-16-13-21(26)20-12-15(25)8-10-24(20,3)19(16)9-11-23(17,18)2;1-4-2-3-6-5(4)7/h14,16-20H,4-13H2,1-3H3,(H,27,28);4H,2-3H2,1H3,(H,6,7)/t14-,16+,17-,18+,19+,20-,23-,24-;4-/m10/s1. The summed E-state index contributed by atoms with van der Waals surface area (Å²) in [5, 5.41) is 11.8. The Balaban J connectivity index is 0.000000356. The number of nitrogens with one attached hydrogen (secondary N) is 1. The van der Waals surface area contributed by atoms with Gasteiger partial charge in [-0.2, -0.15) is 0 Å². The number of aliphatic carboxylic acids is 1. The van der Waals surface area contributed by atoms with E-state index in [4.69, 9.17) is 5.11 Å². The van der Waals surface area contributed by atoms with Crippen LogP contribution in [-0.2, 0) is 19.2 Å². The SMILES string of the molecule is C[C@H](CCC(=O)O)[C@H]1CC[C@H]2[C@@H]3CC(=O)[C@H]4CC(=O)CC[C@]4(C)[C@H]3CC[C@]12C.C[C@H]1CCNC1=O. The van der Waals surface area contributed by atoms with Crippen LogP contribution in [0.25, 0.3) is 0 Å². The van der Waals surface area contributed by atoms with Gasteiger partial charge in [-0.25, -0.2) is 0 Å². The highest BCUT2D eigenvalue weighted by atomic mass is 16.4. The van der Waals surface area contributed by atoms with Gasteiger partial charge in [0.25, 0.3) is 0 Å². The number of carbonyl (C=O) groups excluding carboxylic acids is 3. The van der Waals surface area contributed by atoms with Crippen LogP contribution >= 0.6 is 0 Å². The molecule has 5 rings (SSSR count). The fourth-order valence-corrected chi connectivity index (χ4v) is 9.08. The van der Waals surface area contributed by atoms with Crippen LogP contribution in [0.15, 0.2) is 0 Å². The number of hydrogen-bond acceptors (Lipinski definition) is 4. The van der Waals surface area contributed by atoms with Gasteiger partial charge in [0.05, 0.1) is 0 Å². The predicted octanol–water partition coefficient (Wildman–Crippen LogP) is 5.04. The minimum Gasteiger partial charge on any atom is -0.481 e. The zero-order chi connectivity index (χ0) is 25.5. The number of carboxylic acids is 1. The second kappa shape index (κ2) is 9.97. The molecule has 1 heterocycles. The number of amides is 1. The summed E-state index contributed by atoms with van der Waals surface area (Å²) in [7, 11) is 0. The van der Waals surface area contributed by atoms with E-state index in [1.165, 1.54) is 25.7 Å². The van der Waals surface area contributed by atoms with Gasteiger partial charge >= 0.3 is 5.97 Å². The van der Waals surface area contributed by atoms with Crippen molar-refractivity contribution in [3.63, 3.8) is 0 Å². The average molecular weight is 488 g/mol. The first-order valence-corrected chi connectivity index (χ1v) is 14.0. The van der Waals surface area contributed by atoms with Crippen molar-refractivity contribution in [1.82, 2.24) is 5.32 Å². The van der Waals surface area contributed by atoms with Crippen molar-refractivity contribution in [2.24, 2.45) is 52.3 Å². The van der Waals surface area contributed by atoms with Crippen LogP contribution in [-0.4, -0.2) is 35.1 Å². The van der Waals surface area contributed by atoms with E-state index in [9.17, 15) is 19.2 Å². The van der Waals surface area contributed by atoms with E-state index in [0.717, 1.165) is 25.8 Å². The Morgan fingerprint density at radius 1 is 1.03 bits per heavy atom. The first-order chi connectivity index (χ1) is 16.5. The van der Waals surface area contributed by atoms with Crippen molar-refractivity contribution < 1.29 is 24.3 Å². The third kappa shape index (κ3) is 4.83. The van der Waals surface area contributed by atoms with Gasteiger partial charge in [0.15, 0.2) is 0 Å². The Kier molecular flexibility index (Phi) is 7.51. The molecular weight excluding hydrogens is 442 g/mol. The molecule has 0 bridgehead atoms. The molecule has 1 saturated heterocycles. The predicted molar refractivity (Wildman–Crippen MR) is 133 cm³/mol. The van der Waals surface area contributed by atoms with E-state index in [0.29, 0.717) is 54.6 Å². The van der Waals surface area contributed by atoms with Gasteiger partial charge in [-0.05, 0) is 85.4 Å². The lowest BCUT2D eigenvalue weighted by Crippen LogP contribution is -2.56. The fraction of sp³-hybridized carbons (Fsp3) is 0.862. The lowest BCUT2D eigenvalue weighted by atomic mass is 9.44. The van der Waals surface area contributed by atoms with Crippen LogP contribution in [0, 0.1) is 52.3 Å². The number of hydrogen-bond donors (Lipinski definition) is 2. The molecular formula is C29H45NO5. The van der Waals surface area contributed by atoms with Crippen molar-refractivity contribution in [3.8, 4) is 0 Å². The van der Waals surface area contributed by atoms with Gasteiger partial charge in [-0.15, -0.1) is 0 Å². The third-order valence-electron chi connectivity index (χ3n) is 11.2. The van der Waals surface area contributed by atoms with Crippen LogP contribution in [0.4, 0.5) is 0 Å². The topological polar surface area (TPSA) is 101 Å². The molecule has 1 amide bonds. The van der Waals surface area contributed by atoms with E-state index >= 15 is 0 Å². The molecule has 0 spiro atoms. The quantitative estimate of drug-likeness (QED) is 0.579. The van der Waals surface area contributed by atoms with Crippen LogP contribution in [0.5, 0.6) is 0 Å². The molecule has 2 N–H and O–H groups in total. The van der Waals surface area contributed by atoms with E-state index < -0.39 is 5.97 Å². The Hall–Kier alpha value is -1.72. The summed E-state index contributed by atoms with van der Waals surface area (Å²) >= 11 is 0.